The third-order valence-corrected chi connectivity index (χ3v) is 2.53. The number of esters is 1. The number of carbonyl (C=O) groups is 1. The van der Waals surface area contributed by atoms with Crippen molar-refractivity contribution in [1.29, 1.82) is 0 Å². The monoisotopic (exact) mass is 219 g/mol. The molecule has 84 valence electrons. The zero-order valence-electron chi connectivity index (χ0n) is 9.46. The van der Waals surface area contributed by atoms with E-state index in [0.29, 0.717) is 11.3 Å². The van der Waals surface area contributed by atoms with Crippen LogP contribution in [-0.2, 0) is 4.74 Å². The van der Waals surface area contributed by atoms with Gasteiger partial charge in [-0.1, -0.05) is 0 Å². The van der Waals surface area contributed by atoms with Gasteiger partial charge in [0.25, 0.3) is 0 Å². The molecule has 0 spiro atoms. The van der Waals surface area contributed by atoms with Crippen LogP contribution < -0.4 is 0 Å². The van der Waals surface area contributed by atoms with Crippen molar-refractivity contribution in [2.75, 3.05) is 7.11 Å². The Morgan fingerprint density at radius 3 is 2.69 bits per heavy atom. The van der Waals surface area contributed by atoms with E-state index in [1.807, 2.05) is 19.9 Å². The van der Waals surface area contributed by atoms with Crippen molar-refractivity contribution in [3.63, 3.8) is 0 Å². The lowest BCUT2D eigenvalue weighted by molar-refractivity contribution is 0.0600. The second-order valence-corrected chi connectivity index (χ2v) is 3.59. The quantitative estimate of drug-likeness (QED) is 0.790. The Balaban J connectivity index is 2.64. The topological polar surface area (TPSA) is 55.2 Å². The minimum absolute atomic E-state index is 0.353. The summed E-state index contributed by atoms with van der Waals surface area (Å²) in [5.41, 5.74) is 2.99. The largest absolute Gasteiger partial charge is 0.465 e. The highest BCUT2D eigenvalue weighted by Crippen LogP contribution is 2.30. The Hall–Kier alpha value is -1.97. The molecule has 0 bridgehead atoms. The molecule has 0 aliphatic rings. The highest BCUT2D eigenvalue weighted by Gasteiger charge is 2.22. The predicted molar refractivity (Wildman–Crippen MR) is 59.3 cm³/mol. The number of aromatic amines is 1. The first-order chi connectivity index (χ1) is 7.65. The average molecular weight is 219 g/mol. The van der Waals surface area contributed by atoms with Crippen LogP contribution in [0.1, 0.15) is 21.7 Å². The smallest absolute Gasteiger partial charge is 0.340 e. The zero-order valence-corrected chi connectivity index (χ0v) is 9.46. The molecule has 2 aromatic rings. The van der Waals surface area contributed by atoms with Gasteiger partial charge in [0.05, 0.1) is 24.5 Å². The summed E-state index contributed by atoms with van der Waals surface area (Å²) in [6.45, 7) is 3.74. The molecule has 0 aliphatic carbocycles. The van der Waals surface area contributed by atoms with Crippen LogP contribution in [-0.4, -0.2) is 18.1 Å². The van der Waals surface area contributed by atoms with Crippen molar-refractivity contribution in [2.24, 2.45) is 0 Å². The number of hydrogen-bond donors (Lipinski definition) is 1. The van der Waals surface area contributed by atoms with Crippen LogP contribution in [0.4, 0.5) is 0 Å². The number of furan rings is 1. The molecule has 0 aromatic carbocycles. The zero-order chi connectivity index (χ0) is 11.7. The summed E-state index contributed by atoms with van der Waals surface area (Å²) in [6.07, 6.45) is 1.58. The summed E-state index contributed by atoms with van der Waals surface area (Å²) in [7, 11) is 1.37. The molecule has 0 radical (unpaired) electrons. The predicted octanol–water partition coefficient (Wildman–Crippen LogP) is 2.68. The Morgan fingerprint density at radius 2 is 2.12 bits per heavy atom. The number of H-pyrrole nitrogens is 1. The lowest BCUT2D eigenvalue weighted by atomic mass is 10.1. The van der Waals surface area contributed by atoms with E-state index in [1.54, 1.807) is 12.3 Å². The molecule has 0 saturated heterocycles. The van der Waals surface area contributed by atoms with Crippen molar-refractivity contribution in [1.82, 2.24) is 4.98 Å². The van der Waals surface area contributed by atoms with Crippen LogP contribution in [0.25, 0.3) is 11.3 Å². The van der Waals surface area contributed by atoms with E-state index < -0.39 is 0 Å². The minimum Gasteiger partial charge on any atom is -0.465 e. The molecule has 2 aromatic heterocycles. The summed E-state index contributed by atoms with van der Waals surface area (Å²) in [5, 5.41) is 0. The normalized spacial score (nSPS) is 10.4. The van der Waals surface area contributed by atoms with Gasteiger partial charge in [-0.25, -0.2) is 4.79 Å². The van der Waals surface area contributed by atoms with Gasteiger partial charge in [0.15, 0.2) is 0 Å². The van der Waals surface area contributed by atoms with Crippen molar-refractivity contribution < 1.29 is 13.9 Å². The Morgan fingerprint density at radius 1 is 1.38 bits per heavy atom. The van der Waals surface area contributed by atoms with Crippen LogP contribution >= 0.6 is 0 Å². The van der Waals surface area contributed by atoms with E-state index in [0.717, 1.165) is 17.0 Å². The van der Waals surface area contributed by atoms with E-state index in [2.05, 4.69) is 4.98 Å². The third-order valence-electron chi connectivity index (χ3n) is 2.53. The van der Waals surface area contributed by atoms with Gasteiger partial charge < -0.3 is 14.1 Å². The van der Waals surface area contributed by atoms with Crippen LogP contribution in [0.5, 0.6) is 0 Å². The number of nitrogens with one attached hydrogen (secondary N) is 1. The molecule has 4 nitrogen and oxygen atoms in total. The van der Waals surface area contributed by atoms with Gasteiger partial charge in [-0.05, 0) is 26.0 Å². The Bertz CT molecular complexity index is 509. The average Bonchev–Trinajstić information content (AvgIpc) is 2.84. The van der Waals surface area contributed by atoms with Gasteiger partial charge in [-0.15, -0.1) is 0 Å². The van der Waals surface area contributed by atoms with Crippen molar-refractivity contribution in [3.8, 4) is 11.3 Å². The van der Waals surface area contributed by atoms with E-state index in [1.165, 1.54) is 7.11 Å². The van der Waals surface area contributed by atoms with Crippen molar-refractivity contribution in [2.45, 2.75) is 13.8 Å². The van der Waals surface area contributed by atoms with Crippen LogP contribution in [0.2, 0.25) is 0 Å². The summed E-state index contributed by atoms with van der Waals surface area (Å²) in [5.74, 6) is 0.315. The van der Waals surface area contributed by atoms with Crippen LogP contribution in [0.15, 0.2) is 22.8 Å². The first-order valence-electron chi connectivity index (χ1n) is 4.96. The fourth-order valence-corrected chi connectivity index (χ4v) is 1.87. The molecular formula is C12H13NO3. The second-order valence-electron chi connectivity index (χ2n) is 3.59. The second kappa shape index (κ2) is 3.89. The van der Waals surface area contributed by atoms with Gasteiger partial charge in [0.2, 0.25) is 0 Å². The molecule has 0 fully saturated rings. The third kappa shape index (κ3) is 1.52. The van der Waals surface area contributed by atoms with Gasteiger partial charge in [0.1, 0.15) is 5.76 Å². The minimum atomic E-state index is -0.353. The molecule has 2 heterocycles. The SMILES string of the molecule is COC(=O)c1c(C)[nH]c(C)c1-c1ccco1. The summed E-state index contributed by atoms with van der Waals surface area (Å²) in [4.78, 5) is 14.8. The van der Waals surface area contributed by atoms with E-state index in [-0.39, 0.29) is 5.97 Å². The van der Waals surface area contributed by atoms with Crippen molar-refractivity contribution in [3.05, 3.63) is 35.3 Å². The Labute approximate surface area is 93.2 Å². The maximum atomic E-state index is 11.7. The molecule has 0 saturated carbocycles. The molecule has 0 unspecified atom stereocenters. The van der Waals surface area contributed by atoms with Gasteiger partial charge >= 0.3 is 5.97 Å². The van der Waals surface area contributed by atoms with E-state index >= 15 is 0 Å². The Kier molecular flexibility index (Phi) is 2.56. The van der Waals surface area contributed by atoms with Gasteiger partial charge in [0, 0.05) is 11.4 Å². The lowest BCUT2D eigenvalue weighted by Gasteiger charge is -2.01. The number of carbonyl (C=O) groups excluding carboxylic acids is 1. The maximum absolute atomic E-state index is 11.7. The molecular weight excluding hydrogens is 206 g/mol. The lowest BCUT2D eigenvalue weighted by Crippen LogP contribution is -2.03. The maximum Gasteiger partial charge on any atom is 0.340 e. The molecule has 0 aliphatic heterocycles. The summed E-state index contributed by atoms with van der Waals surface area (Å²) in [6, 6.07) is 3.61. The number of ether oxygens (including phenoxy) is 1. The molecule has 2 rings (SSSR count). The molecule has 0 amide bonds. The first-order valence-corrected chi connectivity index (χ1v) is 4.96. The fourth-order valence-electron chi connectivity index (χ4n) is 1.87. The first kappa shape index (κ1) is 10.5. The van der Waals surface area contributed by atoms with E-state index in [9.17, 15) is 4.79 Å². The molecule has 1 N–H and O–H groups in total. The van der Waals surface area contributed by atoms with Gasteiger partial charge in [-0.3, -0.25) is 0 Å². The molecule has 0 atom stereocenters. The number of rotatable bonds is 2. The number of methoxy groups -OCH3 is 1. The van der Waals surface area contributed by atoms with Crippen LogP contribution in [0, 0.1) is 13.8 Å². The molecule has 4 heteroatoms. The summed E-state index contributed by atoms with van der Waals surface area (Å²) >= 11 is 0. The number of aryl methyl sites for hydroxylation is 2. The summed E-state index contributed by atoms with van der Waals surface area (Å²) < 4.78 is 10.1. The highest BCUT2D eigenvalue weighted by molar-refractivity contribution is 5.98. The van der Waals surface area contributed by atoms with Crippen molar-refractivity contribution >= 4 is 5.97 Å². The van der Waals surface area contributed by atoms with E-state index in [4.69, 9.17) is 9.15 Å². The fraction of sp³-hybridized carbons (Fsp3) is 0.250. The highest BCUT2D eigenvalue weighted by atomic mass is 16.5. The number of hydrogen-bond acceptors (Lipinski definition) is 3. The standard InChI is InChI=1S/C12H13NO3/c1-7-10(9-5-4-6-16-9)11(8(2)13-7)12(14)15-3/h4-6,13H,1-3H3. The molecule has 16 heavy (non-hydrogen) atoms. The van der Waals surface area contributed by atoms with Crippen LogP contribution in [0.3, 0.4) is 0 Å². The van der Waals surface area contributed by atoms with Gasteiger partial charge in [-0.2, -0.15) is 0 Å². The number of aromatic nitrogens is 1.